The Labute approximate surface area is 54.9 Å². The third-order valence-electron chi connectivity index (χ3n) is 0.351. The van der Waals surface area contributed by atoms with Gasteiger partial charge in [-0.1, -0.05) is 0 Å². The first-order valence-corrected chi connectivity index (χ1v) is 6.87. The van der Waals surface area contributed by atoms with Crippen molar-refractivity contribution in [3.63, 3.8) is 0 Å². The highest BCUT2D eigenvalue weighted by Gasteiger charge is 2.31. The molecule has 0 aliphatic carbocycles. The van der Waals surface area contributed by atoms with Crippen LogP contribution in [0.1, 0.15) is 0 Å². The zero-order chi connectivity index (χ0) is 7.71. The Kier molecular flexibility index (Phi) is 2.81. The van der Waals surface area contributed by atoms with E-state index >= 15 is 0 Å². The van der Waals surface area contributed by atoms with E-state index in [-0.39, 0.29) is 0 Å². The average molecular weight is 173 g/mol. The molecule has 0 bridgehead atoms. The van der Waals surface area contributed by atoms with Gasteiger partial charge in [-0.2, -0.15) is 0 Å². The fraction of sp³-hybridized carbons (Fsp3) is 1.00. The van der Waals surface area contributed by atoms with Gasteiger partial charge in [0.05, 0.1) is 20.0 Å². The lowest BCUT2D eigenvalue weighted by atomic mass is 11.9. The monoisotopic (exact) mass is 173 g/mol. The molecule has 0 amide bonds. The van der Waals surface area contributed by atoms with Gasteiger partial charge < -0.3 is 9.79 Å². The van der Waals surface area contributed by atoms with E-state index < -0.39 is 15.3 Å². The summed E-state index contributed by atoms with van der Waals surface area (Å²) in [4.78, 5) is 16.5. The van der Waals surface area contributed by atoms with Crippen LogP contribution in [0.4, 0.5) is 0 Å². The maximum absolute atomic E-state index is 10.1. The Balaban J connectivity index is 3.90. The van der Waals surface area contributed by atoms with Gasteiger partial charge in [0.25, 0.3) is 0 Å². The second-order valence-corrected chi connectivity index (χ2v) is 7.87. The second-order valence-electron chi connectivity index (χ2n) is 2.46. The SMILES string of the molecule is C[P+](C)(C)OP(=O)(O)O. The minimum atomic E-state index is -4.24. The van der Waals surface area contributed by atoms with Crippen molar-refractivity contribution >= 4 is 15.3 Å². The molecule has 4 nitrogen and oxygen atoms in total. The Morgan fingerprint density at radius 3 is 1.67 bits per heavy atom. The van der Waals surface area contributed by atoms with Crippen LogP contribution in [-0.4, -0.2) is 29.8 Å². The van der Waals surface area contributed by atoms with Crippen molar-refractivity contribution in [1.29, 1.82) is 0 Å². The third kappa shape index (κ3) is 8.54. The largest absolute Gasteiger partial charge is 0.503 e. The van der Waals surface area contributed by atoms with Crippen LogP contribution in [0.15, 0.2) is 0 Å². The van der Waals surface area contributed by atoms with E-state index in [9.17, 15) is 4.57 Å². The van der Waals surface area contributed by atoms with E-state index in [1.54, 1.807) is 20.0 Å². The molecule has 0 aromatic heterocycles. The Morgan fingerprint density at radius 2 is 1.67 bits per heavy atom. The summed E-state index contributed by atoms with van der Waals surface area (Å²) in [5.74, 6) is 0. The van der Waals surface area contributed by atoms with Gasteiger partial charge in [0, 0.05) is 0 Å². The number of rotatable bonds is 2. The first-order valence-electron chi connectivity index (χ1n) is 2.29. The quantitative estimate of drug-likeness (QED) is 0.609. The third-order valence-corrected chi connectivity index (χ3v) is 3.16. The van der Waals surface area contributed by atoms with E-state index in [1.807, 2.05) is 0 Å². The van der Waals surface area contributed by atoms with Crippen molar-refractivity contribution in [2.24, 2.45) is 0 Å². The van der Waals surface area contributed by atoms with Gasteiger partial charge in [-0.15, -0.1) is 4.31 Å². The number of hydrogen-bond donors (Lipinski definition) is 2. The molecule has 6 heteroatoms. The molecule has 0 spiro atoms. The van der Waals surface area contributed by atoms with E-state index in [1.165, 1.54) is 0 Å². The zero-order valence-corrected chi connectivity index (χ0v) is 7.39. The van der Waals surface area contributed by atoms with Gasteiger partial charge >= 0.3 is 7.82 Å². The minimum Gasteiger partial charge on any atom is -0.301 e. The molecule has 2 N–H and O–H groups in total. The van der Waals surface area contributed by atoms with Crippen molar-refractivity contribution in [3.05, 3.63) is 0 Å². The van der Waals surface area contributed by atoms with Crippen molar-refractivity contribution < 1.29 is 18.7 Å². The first kappa shape index (κ1) is 9.54. The molecule has 0 unspecified atom stereocenters. The van der Waals surface area contributed by atoms with Gasteiger partial charge in [0.2, 0.25) is 0 Å². The Bertz CT molecular complexity index is 131. The lowest BCUT2D eigenvalue weighted by Crippen LogP contribution is -1.89. The van der Waals surface area contributed by atoms with Crippen molar-refractivity contribution in [2.45, 2.75) is 0 Å². The molecule has 0 aromatic rings. The summed E-state index contributed by atoms with van der Waals surface area (Å²) >= 11 is 0. The number of hydrogen-bond acceptors (Lipinski definition) is 2. The molecule has 0 saturated heterocycles. The molecule has 0 radical (unpaired) electrons. The van der Waals surface area contributed by atoms with Gasteiger partial charge in [0.15, 0.2) is 7.49 Å². The predicted octanol–water partition coefficient (Wildman–Crippen LogP) is 0.918. The number of phosphoric acid groups is 1. The van der Waals surface area contributed by atoms with Gasteiger partial charge in [-0.25, -0.2) is 4.57 Å². The lowest BCUT2D eigenvalue weighted by Gasteiger charge is -2.10. The van der Waals surface area contributed by atoms with Gasteiger partial charge in [-0.05, 0) is 0 Å². The van der Waals surface area contributed by atoms with Crippen LogP contribution >= 0.6 is 15.3 Å². The summed E-state index contributed by atoms with van der Waals surface area (Å²) < 4.78 is 14.5. The van der Waals surface area contributed by atoms with Gasteiger partial charge in [-0.3, -0.25) is 0 Å². The van der Waals surface area contributed by atoms with Crippen LogP contribution < -0.4 is 0 Å². The minimum absolute atomic E-state index is 1.69. The highest BCUT2D eigenvalue weighted by atomic mass is 31.3. The second kappa shape index (κ2) is 2.65. The van der Waals surface area contributed by atoms with Crippen LogP contribution in [0.5, 0.6) is 0 Å². The molecule has 0 heterocycles. The topological polar surface area (TPSA) is 66.8 Å². The van der Waals surface area contributed by atoms with Gasteiger partial charge in [0.1, 0.15) is 0 Å². The molecular formula is C3H11O4P2+. The molecule has 0 rings (SSSR count). The van der Waals surface area contributed by atoms with Crippen LogP contribution in [0.3, 0.4) is 0 Å². The molecule has 0 saturated carbocycles. The lowest BCUT2D eigenvalue weighted by molar-refractivity contribution is 0.292. The summed E-state index contributed by atoms with van der Waals surface area (Å²) in [6.07, 6.45) is 0. The zero-order valence-electron chi connectivity index (χ0n) is 5.61. The normalized spacial score (nSPS) is 13.9. The van der Waals surface area contributed by atoms with Crippen molar-refractivity contribution in [2.75, 3.05) is 20.0 Å². The molecule has 9 heavy (non-hydrogen) atoms. The maximum Gasteiger partial charge on any atom is 0.503 e. The first-order chi connectivity index (χ1) is 3.71. The fourth-order valence-corrected chi connectivity index (χ4v) is 2.87. The molecule has 0 aliphatic heterocycles. The highest BCUT2D eigenvalue weighted by molar-refractivity contribution is 7.75. The summed E-state index contributed by atoms with van der Waals surface area (Å²) in [7, 11) is -6.04. The standard InChI is InChI=1S/C3H10O4P2/c1-8(2,3)7-9(4,5)6/h1-3H3,(H-,4,5,6)/p+1. The van der Waals surface area contributed by atoms with Crippen LogP contribution in [-0.2, 0) is 8.88 Å². The molecule has 56 valence electrons. The molecule has 0 atom stereocenters. The smallest absolute Gasteiger partial charge is 0.301 e. The van der Waals surface area contributed by atoms with E-state index in [0.29, 0.717) is 0 Å². The van der Waals surface area contributed by atoms with Crippen LogP contribution in [0.2, 0.25) is 0 Å². The molecule has 0 aromatic carbocycles. The maximum atomic E-state index is 10.1. The Morgan fingerprint density at radius 1 is 1.33 bits per heavy atom. The highest BCUT2D eigenvalue weighted by Crippen LogP contribution is 2.60. The summed E-state index contributed by atoms with van der Waals surface area (Å²) in [5, 5.41) is 0. The predicted molar refractivity (Wildman–Crippen MR) is 37.8 cm³/mol. The Hall–Kier alpha value is 0.540. The molecule has 0 aliphatic rings. The molecule has 0 fully saturated rings. The van der Waals surface area contributed by atoms with Crippen LogP contribution in [0.25, 0.3) is 0 Å². The van der Waals surface area contributed by atoms with E-state index in [2.05, 4.69) is 4.31 Å². The van der Waals surface area contributed by atoms with Crippen molar-refractivity contribution in [3.8, 4) is 0 Å². The average Bonchev–Trinajstić information content (AvgIpc) is 1.14. The fourth-order valence-electron chi connectivity index (χ4n) is 0.319. The summed E-state index contributed by atoms with van der Waals surface area (Å²) in [6, 6.07) is 0. The summed E-state index contributed by atoms with van der Waals surface area (Å²) in [6.45, 7) is 5.06. The van der Waals surface area contributed by atoms with E-state index in [4.69, 9.17) is 9.79 Å². The molecular weight excluding hydrogens is 162 g/mol. The van der Waals surface area contributed by atoms with E-state index in [0.717, 1.165) is 0 Å². The van der Waals surface area contributed by atoms with Crippen LogP contribution in [0, 0.1) is 0 Å². The summed E-state index contributed by atoms with van der Waals surface area (Å²) in [5.41, 5.74) is 0. The van der Waals surface area contributed by atoms with Crippen molar-refractivity contribution in [1.82, 2.24) is 0 Å².